The Morgan fingerprint density at radius 2 is 2.19 bits per heavy atom. The smallest absolute Gasteiger partial charge is 0.262 e. The molecule has 21 heavy (non-hydrogen) atoms. The van der Waals surface area contributed by atoms with E-state index in [-0.39, 0.29) is 19.0 Å². The van der Waals surface area contributed by atoms with Gasteiger partial charge in [-0.15, -0.1) is 12.4 Å². The molecular formula is C14H19ClF2N2O2. The van der Waals surface area contributed by atoms with Crippen molar-refractivity contribution >= 4 is 18.3 Å². The molecule has 1 heterocycles. The van der Waals surface area contributed by atoms with E-state index in [1.807, 2.05) is 31.2 Å². The molecule has 0 radical (unpaired) electrons. The average molecular weight is 321 g/mol. The number of alkyl halides is 2. The third-order valence-electron chi connectivity index (χ3n) is 3.15. The Morgan fingerprint density at radius 1 is 1.48 bits per heavy atom. The second kappa shape index (κ2) is 7.56. The first-order valence-corrected chi connectivity index (χ1v) is 6.61. The molecule has 1 aliphatic heterocycles. The highest BCUT2D eigenvalue weighted by atomic mass is 35.5. The van der Waals surface area contributed by atoms with Gasteiger partial charge in [0.05, 0.1) is 19.2 Å². The number of para-hydroxylation sites is 1. The topological polar surface area (TPSA) is 50.4 Å². The van der Waals surface area contributed by atoms with Crippen LogP contribution in [-0.4, -0.2) is 31.0 Å². The Kier molecular flexibility index (Phi) is 6.36. The molecule has 4 nitrogen and oxygen atoms in total. The Balaban J connectivity index is 0.00000220. The van der Waals surface area contributed by atoms with E-state index < -0.39 is 30.8 Å². The SMILES string of the molecule is CCOc1ccccc1CNC(=O)C1CC(F)(F)CN1.Cl. The summed E-state index contributed by atoms with van der Waals surface area (Å²) in [5.41, 5.74) is 0.826. The molecule has 0 saturated carbocycles. The van der Waals surface area contributed by atoms with E-state index in [1.54, 1.807) is 0 Å². The van der Waals surface area contributed by atoms with Crippen LogP contribution < -0.4 is 15.4 Å². The molecule has 2 N–H and O–H groups in total. The Morgan fingerprint density at radius 3 is 2.81 bits per heavy atom. The second-order valence-electron chi connectivity index (χ2n) is 4.75. The zero-order valence-corrected chi connectivity index (χ0v) is 12.5. The first-order chi connectivity index (χ1) is 9.52. The maximum Gasteiger partial charge on any atom is 0.262 e. The second-order valence-corrected chi connectivity index (χ2v) is 4.75. The fourth-order valence-corrected chi connectivity index (χ4v) is 2.15. The molecule has 1 aromatic carbocycles. The molecule has 0 aliphatic carbocycles. The molecule has 118 valence electrons. The maximum atomic E-state index is 13.0. The van der Waals surface area contributed by atoms with Crippen LogP contribution in [0.2, 0.25) is 0 Å². The third kappa shape index (κ3) is 4.82. The number of carbonyl (C=O) groups is 1. The number of hydrogen-bond donors (Lipinski definition) is 2. The van der Waals surface area contributed by atoms with Gasteiger partial charge in [0.1, 0.15) is 5.75 Å². The first-order valence-electron chi connectivity index (χ1n) is 6.61. The summed E-state index contributed by atoms with van der Waals surface area (Å²) in [7, 11) is 0. The van der Waals surface area contributed by atoms with Gasteiger partial charge in [-0.25, -0.2) is 8.78 Å². The molecule has 1 aromatic rings. The average Bonchev–Trinajstić information content (AvgIpc) is 2.78. The number of nitrogens with one attached hydrogen (secondary N) is 2. The van der Waals surface area contributed by atoms with Gasteiger partial charge >= 0.3 is 0 Å². The van der Waals surface area contributed by atoms with Crippen LogP contribution in [0.15, 0.2) is 24.3 Å². The number of hydrogen-bond acceptors (Lipinski definition) is 3. The molecule has 0 aromatic heterocycles. The van der Waals surface area contributed by atoms with Crippen LogP contribution >= 0.6 is 12.4 Å². The van der Waals surface area contributed by atoms with E-state index in [9.17, 15) is 13.6 Å². The van der Waals surface area contributed by atoms with Crippen LogP contribution in [0.5, 0.6) is 5.75 Å². The van der Waals surface area contributed by atoms with Gasteiger partial charge in [0, 0.05) is 18.5 Å². The lowest BCUT2D eigenvalue weighted by atomic mass is 10.1. The molecule has 0 bridgehead atoms. The summed E-state index contributed by atoms with van der Waals surface area (Å²) in [6.45, 7) is 2.22. The van der Waals surface area contributed by atoms with Crippen molar-refractivity contribution in [3.05, 3.63) is 29.8 Å². The van der Waals surface area contributed by atoms with Gasteiger partial charge in [0.2, 0.25) is 5.91 Å². The van der Waals surface area contributed by atoms with Crippen molar-refractivity contribution in [1.82, 2.24) is 10.6 Å². The summed E-state index contributed by atoms with van der Waals surface area (Å²) in [5, 5.41) is 5.19. The van der Waals surface area contributed by atoms with Crippen molar-refractivity contribution in [1.29, 1.82) is 0 Å². The Hall–Kier alpha value is -1.40. The molecule has 1 aliphatic rings. The summed E-state index contributed by atoms with van der Waals surface area (Å²) in [4.78, 5) is 11.8. The van der Waals surface area contributed by atoms with E-state index in [0.717, 1.165) is 5.56 Å². The monoisotopic (exact) mass is 320 g/mol. The molecular weight excluding hydrogens is 302 g/mol. The number of carbonyl (C=O) groups excluding carboxylic acids is 1. The number of amides is 1. The lowest BCUT2D eigenvalue weighted by molar-refractivity contribution is -0.123. The normalized spacial score (nSPS) is 19.7. The van der Waals surface area contributed by atoms with Crippen molar-refractivity contribution in [2.75, 3.05) is 13.2 Å². The number of halogens is 3. The summed E-state index contributed by atoms with van der Waals surface area (Å²) in [5.74, 6) is -2.51. The van der Waals surface area contributed by atoms with Crippen molar-refractivity contribution in [2.45, 2.75) is 31.9 Å². The first kappa shape index (κ1) is 17.7. The highest BCUT2D eigenvalue weighted by Crippen LogP contribution is 2.25. The summed E-state index contributed by atoms with van der Waals surface area (Å²) in [6.07, 6.45) is -0.452. The zero-order valence-electron chi connectivity index (χ0n) is 11.7. The molecule has 1 unspecified atom stereocenters. The molecule has 7 heteroatoms. The van der Waals surface area contributed by atoms with E-state index in [1.165, 1.54) is 0 Å². The van der Waals surface area contributed by atoms with Gasteiger partial charge in [-0.1, -0.05) is 18.2 Å². The van der Waals surface area contributed by atoms with Crippen molar-refractivity contribution < 1.29 is 18.3 Å². The van der Waals surface area contributed by atoms with Crippen LogP contribution in [-0.2, 0) is 11.3 Å². The fraction of sp³-hybridized carbons (Fsp3) is 0.500. The molecule has 1 atom stereocenters. The van der Waals surface area contributed by atoms with Crippen molar-refractivity contribution in [2.24, 2.45) is 0 Å². The van der Waals surface area contributed by atoms with Crippen molar-refractivity contribution in [3.63, 3.8) is 0 Å². The highest BCUT2D eigenvalue weighted by molar-refractivity contribution is 5.85. The van der Waals surface area contributed by atoms with Gasteiger partial charge < -0.3 is 10.1 Å². The quantitative estimate of drug-likeness (QED) is 0.874. The third-order valence-corrected chi connectivity index (χ3v) is 3.15. The van der Waals surface area contributed by atoms with E-state index in [4.69, 9.17) is 4.74 Å². The van der Waals surface area contributed by atoms with E-state index in [2.05, 4.69) is 10.6 Å². The highest BCUT2D eigenvalue weighted by Gasteiger charge is 2.42. The van der Waals surface area contributed by atoms with Crippen LogP contribution in [0.1, 0.15) is 18.9 Å². The van der Waals surface area contributed by atoms with Crippen LogP contribution in [0, 0.1) is 0 Å². The van der Waals surface area contributed by atoms with E-state index >= 15 is 0 Å². The molecule has 1 saturated heterocycles. The lowest BCUT2D eigenvalue weighted by Gasteiger charge is -2.13. The summed E-state index contributed by atoms with van der Waals surface area (Å²) >= 11 is 0. The molecule has 0 spiro atoms. The standard InChI is InChI=1S/C14H18F2N2O2.ClH/c1-2-20-12-6-4-3-5-10(12)8-17-13(19)11-7-14(15,16)9-18-11;/h3-6,11,18H,2,7-9H2,1H3,(H,17,19);1H. The van der Waals surface area contributed by atoms with Crippen LogP contribution in [0.3, 0.4) is 0 Å². The number of benzene rings is 1. The lowest BCUT2D eigenvalue weighted by Crippen LogP contribution is -2.40. The van der Waals surface area contributed by atoms with Gasteiger partial charge in [-0.05, 0) is 13.0 Å². The van der Waals surface area contributed by atoms with Gasteiger partial charge in [0.25, 0.3) is 5.92 Å². The Bertz CT molecular complexity index is 486. The van der Waals surface area contributed by atoms with Gasteiger partial charge in [-0.2, -0.15) is 0 Å². The largest absolute Gasteiger partial charge is 0.494 e. The minimum absolute atomic E-state index is 0. The minimum Gasteiger partial charge on any atom is -0.494 e. The maximum absolute atomic E-state index is 13.0. The predicted octanol–water partition coefficient (Wildman–Crippen LogP) is 2.12. The zero-order chi connectivity index (χ0) is 14.6. The molecule has 1 amide bonds. The van der Waals surface area contributed by atoms with Crippen LogP contribution in [0.4, 0.5) is 8.78 Å². The Labute approximate surface area is 128 Å². The predicted molar refractivity (Wildman–Crippen MR) is 78.1 cm³/mol. The minimum atomic E-state index is -2.80. The van der Waals surface area contributed by atoms with Crippen LogP contribution in [0.25, 0.3) is 0 Å². The summed E-state index contributed by atoms with van der Waals surface area (Å²) in [6, 6.07) is 6.50. The van der Waals surface area contributed by atoms with Gasteiger partial charge in [0.15, 0.2) is 0 Å². The van der Waals surface area contributed by atoms with E-state index in [0.29, 0.717) is 12.4 Å². The summed E-state index contributed by atoms with van der Waals surface area (Å²) < 4.78 is 31.5. The molecule has 2 rings (SSSR count). The molecule has 1 fully saturated rings. The van der Waals surface area contributed by atoms with Gasteiger partial charge in [-0.3, -0.25) is 10.1 Å². The fourth-order valence-electron chi connectivity index (χ4n) is 2.15. The number of rotatable bonds is 5. The number of ether oxygens (including phenoxy) is 1. The van der Waals surface area contributed by atoms with Crippen molar-refractivity contribution in [3.8, 4) is 5.75 Å².